The Bertz CT molecular complexity index is 533. The zero-order valence-electron chi connectivity index (χ0n) is 14.4. The van der Waals surface area contributed by atoms with E-state index in [0.29, 0.717) is 41.8 Å². The monoisotopic (exact) mass is 342 g/mol. The Balaban J connectivity index is 3.05. The maximum atomic E-state index is 12.4. The minimum absolute atomic E-state index is 0.247. The second kappa shape index (κ2) is 8.99. The molecule has 0 bridgehead atoms. The van der Waals surface area contributed by atoms with Crippen LogP contribution in [0.2, 0.25) is 5.02 Å². The Morgan fingerprint density at radius 3 is 2.57 bits per heavy atom. The molecule has 1 aromatic rings. The normalized spacial score (nSPS) is 11.2. The van der Waals surface area contributed by atoms with Gasteiger partial charge in [-0.15, -0.1) is 0 Å². The predicted octanol–water partition coefficient (Wildman–Crippen LogP) is 3.38. The summed E-state index contributed by atoms with van der Waals surface area (Å²) in [6.45, 7) is 9.02. The molecule has 0 heterocycles. The molecule has 0 saturated heterocycles. The van der Waals surface area contributed by atoms with Gasteiger partial charge >= 0.3 is 0 Å². The van der Waals surface area contributed by atoms with Crippen LogP contribution in [0.4, 0.5) is 0 Å². The minimum Gasteiger partial charge on any atom is -0.490 e. The Labute approximate surface area is 143 Å². The summed E-state index contributed by atoms with van der Waals surface area (Å²) < 4.78 is 11.3. The van der Waals surface area contributed by atoms with Gasteiger partial charge in [0.15, 0.2) is 11.5 Å². The second-order valence-corrected chi connectivity index (χ2v) is 6.37. The van der Waals surface area contributed by atoms with Crippen molar-refractivity contribution in [1.29, 1.82) is 0 Å². The Kier molecular flexibility index (Phi) is 7.65. The summed E-state index contributed by atoms with van der Waals surface area (Å²) in [7, 11) is 0. The third-order valence-electron chi connectivity index (χ3n) is 3.28. The average Bonchev–Trinajstić information content (AvgIpc) is 2.49. The summed E-state index contributed by atoms with van der Waals surface area (Å²) in [4.78, 5) is 12.4. The van der Waals surface area contributed by atoms with Crippen molar-refractivity contribution in [2.24, 2.45) is 5.73 Å². The van der Waals surface area contributed by atoms with Gasteiger partial charge in [-0.25, -0.2) is 0 Å². The molecule has 0 unspecified atom stereocenters. The summed E-state index contributed by atoms with van der Waals surface area (Å²) in [6.07, 6.45) is 1.95. The van der Waals surface area contributed by atoms with Crippen LogP contribution >= 0.6 is 11.6 Å². The molecule has 0 radical (unpaired) electrons. The first-order chi connectivity index (χ1) is 10.8. The molecule has 0 spiro atoms. The van der Waals surface area contributed by atoms with E-state index in [1.54, 1.807) is 12.1 Å². The van der Waals surface area contributed by atoms with Crippen LogP contribution in [0.3, 0.4) is 0 Å². The van der Waals surface area contributed by atoms with Crippen LogP contribution in [0.25, 0.3) is 0 Å². The van der Waals surface area contributed by atoms with Crippen molar-refractivity contribution in [3.8, 4) is 11.5 Å². The maximum Gasteiger partial charge on any atom is 0.251 e. The number of nitrogens with one attached hydrogen (secondary N) is 1. The first-order valence-electron chi connectivity index (χ1n) is 7.96. The standard InChI is InChI=1S/C17H27ClN2O3/c1-5-7-8-23-15-13(18)9-12(10-14(15)22-6-2)16(21)20-17(3,4)11-19/h9-10H,5-8,11,19H2,1-4H3,(H,20,21). The number of amides is 1. The molecule has 6 heteroatoms. The lowest BCUT2D eigenvalue weighted by Gasteiger charge is -2.24. The lowest BCUT2D eigenvalue weighted by Crippen LogP contribution is -2.48. The summed E-state index contributed by atoms with van der Waals surface area (Å²) in [6, 6.07) is 3.24. The molecular weight excluding hydrogens is 316 g/mol. The SMILES string of the molecule is CCCCOc1c(Cl)cc(C(=O)NC(C)(C)CN)cc1OCC. The number of benzene rings is 1. The molecule has 1 aromatic carbocycles. The van der Waals surface area contributed by atoms with Gasteiger partial charge in [-0.1, -0.05) is 24.9 Å². The number of carbonyl (C=O) groups is 1. The highest BCUT2D eigenvalue weighted by atomic mass is 35.5. The Morgan fingerprint density at radius 2 is 2.00 bits per heavy atom. The highest BCUT2D eigenvalue weighted by molar-refractivity contribution is 6.32. The molecule has 0 aliphatic rings. The van der Waals surface area contributed by atoms with Gasteiger partial charge in [0.1, 0.15) is 0 Å². The van der Waals surface area contributed by atoms with Crippen LogP contribution < -0.4 is 20.5 Å². The molecule has 0 aliphatic heterocycles. The molecule has 0 fully saturated rings. The summed E-state index contributed by atoms with van der Waals surface area (Å²) in [5, 5.41) is 3.24. The molecule has 5 nitrogen and oxygen atoms in total. The fourth-order valence-corrected chi connectivity index (χ4v) is 2.12. The second-order valence-electron chi connectivity index (χ2n) is 5.96. The fraction of sp³-hybridized carbons (Fsp3) is 0.588. The Morgan fingerprint density at radius 1 is 1.30 bits per heavy atom. The third kappa shape index (κ3) is 5.92. The van der Waals surface area contributed by atoms with Crippen molar-refractivity contribution in [3.63, 3.8) is 0 Å². The molecule has 3 N–H and O–H groups in total. The molecule has 0 saturated carbocycles. The first-order valence-corrected chi connectivity index (χ1v) is 8.34. The van der Waals surface area contributed by atoms with E-state index in [2.05, 4.69) is 12.2 Å². The first kappa shape index (κ1) is 19.6. The zero-order valence-corrected chi connectivity index (χ0v) is 15.1. The smallest absolute Gasteiger partial charge is 0.251 e. The van der Waals surface area contributed by atoms with Crippen molar-refractivity contribution >= 4 is 17.5 Å². The van der Waals surface area contributed by atoms with E-state index in [1.165, 1.54) is 0 Å². The molecule has 23 heavy (non-hydrogen) atoms. The minimum atomic E-state index is -0.494. The van der Waals surface area contributed by atoms with Crippen molar-refractivity contribution in [2.45, 2.75) is 46.1 Å². The predicted molar refractivity (Wildman–Crippen MR) is 93.6 cm³/mol. The van der Waals surface area contributed by atoms with Gasteiger partial charge in [-0.3, -0.25) is 4.79 Å². The zero-order chi connectivity index (χ0) is 17.5. The number of hydrogen-bond donors (Lipinski definition) is 2. The number of unbranched alkanes of at least 4 members (excludes halogenated alkanes) is 1. The van der Waals surface area contributed by atoms with E-state index in [9.17, 15) is 4.79 Å². The van der Waals surface area contributed by atoms with E-state index in [-0.39, 0.29) is 5.91 Å². The molecule has 1 rings (SSSR count). The number of rotatable bonds is 9. The van der Waals surface area contributed by atoms with E-state index in [1.807, 2.05) is 20.8 Å². The van der Waals surface area contributed by atoms with E-state index < -0.39 is 5.54 Å². The van der Waals surface area contributed by atoms with Gasteiger partial charge < -0.3 is 20.5 Å². The van der Waals surface area contributed by atoms with Crippen LogP contribution in [0.5, 0.6) is 11.5 Å². The summed E-state index contributed by atoms with van der Waals surface area (Å²) in [5.74, 6) is 0.715. The lowest BCUT2D eigenvalue weighted by atomic mass is 10.0. The molecule has 0 aromatic heterocycles. The average molecular weight is 343 g/mol. The van der Waals surface area contributed by atoms with Crippen LogP contribution in [0.1, 0.15) is 50.9 Å². The largest absolute Gasteiger partial charge is 0.490 e. The van der Waals surface area contributed by atoms with Crippen LogP contribution in [-0.4, -0.2) is 31.2 Å². The number of carbonyl (C=O) groups excluding carboxylic acids is 1. The van der Waals surface area contributed by atoms with E-state index >= 15 is 0 Å². The fourth-order valence-electron chi connectivity index (χ4n) is 1.85. The van der Waals surface area contributed by atoms with Crippen molar-refractivity contribution in [2.75, 3.05) is 19.8 Å². The number of hydrogen-bond acceptors (Lipinski definition) is 4. The number of ether oxygens (including phenoxy) is 2. The Hall–Kier alpha value is -1.46. The van der Waals surface area contributed by atoms with Gasteiger partial charge in [0.2, 0.25) is 0 Å². The van der Waals surface area contributed by atoms with Crippen LogP contribution in [-0.2, 0) is 0 Å². The van der Waals surface area contributed by atoms with Crippen molar-refractivity contribution in [1.82, 2.24) is 5.32 Å². The summed E-state index contributed by atoms with van der Waals surface area (Å²) in [5.41, 5.74) is 5.57. The summed E-state index contributed by atoms with van der Waals surface area (Å²) >= 11 is 6.29. The molecule has 0 aliphatic carbocycles. The van der Waals surface area contributed by atoms with E-state index in [4.69, 9.17) is 26.8 Å². The highest BCUT2D eigenvalue weighted by Crippen LogP contribution is 2.37. The van der Waals surface area contributed by atoms with Crippen molar-refractivity contribution < 1.29 is 14.3 Å². The molecule has 1 amide bonds. The van der Waals surface area contributed by atoms with Gasteiger partial charge in [0.25, 0.3) is 5.91 Å². The van der Waals surface area contributed by atoms with Crippen LogP contribution in [0.15, 0.2) is 12.1 Å². The third-order valence-corrected chi connectivity index (χ3v) is 3.56. The highest BCUT2D eigenvalue weighted by Gasteiger charge is 2.22. The topological polar surface area (TPSA) is 73.6 Å². The van der Waals surface area contributed by atoms with Crippen LogP contribution in [0, 0.1) is 0 Å². The van der Waals surface area contributed by atoms with Gasteiger partial charge in [0, 0.05) is 17.6 Å². The lowest BCUT2D eigenvalue weighted by molar-refractivity contribution is 0.0915. The van der Waals surface area contributed by atoms with Gasteiger partial charge in [0.05, 0.1) is 18.2 Å². The van der Waals surface area contributed by atoms with Gasteiger partial charge in [-0.2, -0.15) is 0 Å². The number of nitrogens with two attached hydrogens (primary N) is 1. The van der Waals surface area contributed by atoms with Crippen molar-refractivity contribution in [3.05, 3.63) is 22.7 Å². The molecule has 130 valence electrons. The van der Waals surface area contributed by atoms with Gasteiger partial charge in [-0.05, 0) is 39.3 Å². The molecule has 0 atom stereocenters. The number of halogens is 1. The molecular formula is C17H27ClN2O3. The quantitative estimate of drug-likeness (QED) is 0.675. The maximum absolute atomic E-state index is 12.4. The van der Waals surface area contributed by atoms with E-state index in [0.717, 1.165) is 12.8 Å².